The van der Waals surface area contributed by atoms with Gasteiger partial charge in [0.1, 0.15) is 11.5 Å². The zero-order valence-corrected chi connectivity index (χ0v) is 14.9. The third kappa shape index (κ3) is 4.42. The Morgan fingerprint density at radius 1 is 1.28 bits per heavy atom. The van der Waals surface area contributed by atoms with Gasteiger partial charge in [0.25, 0.3) is 5.91 Å². The molecule has 0 spiro atoms. The Morgan fingerprint density at radius 3 is 2.60 bits per heavy atom. The van der Waals surface area contributed by atoms with Crippen molar-refractivity contribution in [3.63, 3.8) is 0 Å². The molecule has 1 aromatic carbocycles. The number of nitrogens with zero attached hydrogens (tertiary/aromatic N) is 1. The Kier molecular flexibility index (Phi) is 5.76. The lowest BCUT2D eigenvalue weighted by molar-refractivity contribution is 0.0895. The summed E-state index contributed by atoms with van der Waals surface area (Å²) in [6, 6.07) is 11.1. The molecule has 1 aliphatic heterocycles. The van der Waals surface area contributed by atoms with Crippen molar-refractivity contribution in [2.45, 2.75) is 25.8 Å². The molecule has 0 bridgehead atoms. The second-order valence-corrected chi connectivity index (χ2v) is 6.69. The predicted molar refractivity (Wildman–Crippen MR) is 96.7 cm³/mol. The van der Waals surface area contributed by atoms with Crippen molar-refractivity contribution < 1.29 is 13.9 Å². The van der Waals surface area contributed by atoms with Gasteiger partial charge in [-0.25, -0.2) is 0 Å². The molecule has 1 N–H and O–H groups in total. The molecule has 0 aliphatic carbocycles. The molecule has 5 nitrogen and oxygen atoms in total. The van der Waals surface area contributed by atoms with E-state index in [1.807, 2.05) is 12.1 Å². The van der Waals surface area contributed by atoms with E-state index in [2.05, 4.69) is 17.1 Å². The second kappa shape index (κ2) is 8.21. The topological polar surface area (TPSA) is 54.7 Å². The normalized spacial score (nSPS) is 17.2. The highest BCUT2D eigenvalue weighted by atomic mass is 16.5. The number of hydrogen-bond donors (Lipinski definition) is 1. The Bertz CT molecular complexity index is 659. The van der Waals surface area contributed by atoms with Crippen LogP contribution in [0.2, 0.25) is 0 Å². The number of likely N-dealkylation sites (tertiary alicyclic amines) is 1. The van der Waals surface area contributed by atoms with Crippen molar-refractivity contribution in [3.8, 4) is 5.75 Å². The number of ether oxygens (including phenoxy) is 1. The van der Waals surface area contributed by atoms with Gasteiger partial charge in [-0.3, -0.25) is 9.69 Å². The van der Waals surface area contributed by atoms with Gasteiger partial charge in [-0.15, -0.1) is 0 Å². The maximum Gasteiger partial charge on any atom is 0.251 e. The van der Waals surface area contributed by atoms with Crippen LogP contribution in [-0.2, 0) is 0 Å². The van der Waals surface area contributed by atoms with E-state index in [0.717, 1.165) is 30.5 Å². The van der Waals surface area contributed by atoms with Crippen molar-refractivity contribution in [2.24, 2.45) is 5.92 Å². The van der Waals surface area contributed by atoms with Crippen LogP contribution in [0.3, 0.4) is 0 Å². The molecule has 1 aromatic heterocycles. The Balaban J connectivity index is 1.64. The molecule has 0 radical (unpaired) electrons. The first-order valence-corrected chi connectivity index (χ1v) is 8.87. The van der Waals surface area contributed by atoms with Gasteiger partial charge in [-0.1, -0.05) is 6.92 Å². The van der Waals surface area contributed by atoms with Crippen molar-refractivity contribution in [3.05, 3.63) is 54.0 Å². The van der Waals surface area contributed by atoms with Crippen LogP contribution in [0.1, 0.15) is 41.9 Å². The summed E-state index contributed by atoms with van der Waals surface area (Å²) < 4.78 is 10.8. The van der Waals surface area contributed by atoms with Gasteiger partial charge in [-0.2, -0.15) is 0 Å². The maximum atomic E-state index is 12.5. The Hall–Kier alpha value is -2.27. The van der Waals surface area contributed by atoms with E-state index in [1.165, 1.54) is 12.8 Å². The minimum atomic E-state index is -0.0791. The number of nitrogens with one attached hydrogen (secondary N) is 1. The first kappa shape index (κ1) is 17.5. The highest BCUT2D eigenvalue weighted by molar-refractivity contribution is 5.94. The smallest absolute Gasteiger partial charge is 0.251 e. The van der Waals surface area contributed by atoms with Crippen LogP contribution in [0.25, 0.3) is 0 Å². The van der Waals surface area contributed by atoms with E-state index in [0.29, 0.717) is 12.1 Å². The van der Waals surface area contributed by atoms with Gasteiger partial charge in [-0.05, 0) is 68.2 Å². The van der Waals surface area contributed by atoms with Gasteiger partial charge >= 0.3 is 0 Å². The van der Waals surface area contributed by atoms with E-state index in [1.54, 1.807) is 37.6 Å². The van der Waals surface area contributed by atoms with Crippen molar-refractivity contribution in [2.75, 3.05) is 26.7 Å². The van der Waals surface area contributed by atoms with Crippen LogP contribution < -0.4 is 10.1 Å². The summed E-state index contributed by atoms with van der Waals surface area (Å²) in [6.45, 7) is 4.90. The predicted octanol–water partition coefficient (Wildman–Crippen LogP) is 3.49. The molecule has 1 fully saturated rings. The van der Waals surface area contributed by atoms with Gasteiger partial charge in [0, 0.05) is 12.1 Å². The third-order valence-electron chi connectivity index (χ3n) is 4.94. The highest BCUT2D eigenvalue weighted by Crippen LogP contribution is 2.26. The van der Waals surface area contributed by atoms with E-state index in [4.69, 9.17) is 9.15 Å². The number of benzene rings is 1. The number of carbonyl (C=O) groups excluding carboxylic acids is 1. The number of piperidine rings is 1. The van der Waals surface area contributed by atoms with E-state index >= 15 is 0 Å². The van der Waals surface area contributed by atoms with E-state index < -0.39 is 0 Å². The van der Waals surface area contributed by atoms with Crippen molar-refractivity contribution in [1.29, 1.82) is 0 Å². The maximum absolute atomic E-state index is 12.5. The fourth-order valence-corrected chi connectivity index (χ4v) is 3.26. The number of amides is 1. The van der Waals surface area contributed by atoms with E-state index in [9.17, 15) is 4.79 Å². The highest BCUT2D eigenvalue weighted by Gasteiger charge is 2.26. The summed E-state index contributed by atoms with van der Waals surface area (Å²) in [7, 11) is 1.61. The molecule has 0 saturated carbocycles. The lowest BCUT2D eigenvalue weighted by Crippen LogP contribution is -2.41. The molecule has 3 rings (SSSR count). The zero-order chi connectivity index (χ0) is 17.6. The number of furan rings is 1. The molecular formula is C20H26N2O3. The van der Waals surface area contributed by atoms with Crippen LogP contribution in [0, 0.1) is 5.92 Å². The Labute approximate surface area is 149 Å². The quantitative estimate of drug-likeness (QED) is 0.873. The minimum Gasteiger partial charge on any atom is -0.497 e. The lowest BCUT2D eigenvalue weighted by atomic mass is 9.97. The summed E-state index contributed by atoms with van der Waals surface area (Å²) in [5.41, 5.74) is 0.631. The van der Waals surface area contributed by atoms with Crippen molar-refractivity contribution in [1.82, 2.24) is 10.2 Å². The number of methoxy groups -OCH3 is 1. The summed E-state index contributed by atoms with van der Waals surface area (Å²) in [6.07, 6.45) is 4.06. The number of hydrogen-bond acceptors (Lipinski definition) is 4. The van der Waals surface area contributed by atoms with Gasteiger partial charge in [0.2, 0.25) is 0 Å². The van der Waals surface area contributed by atoms with Crippen LogP contribution in [0.4, 0.5) is 0 Å². The summed E-state index contributed by atoms with van der Waals surface area (Å²) >= 11 is 0. The first-order chi connectivity index (χ1) is 12.2. The van der Waals surface area contributed by atoms with Crippen LogP contribution in [0.15, 0.2) is 47.1 Å². The monoisotopic (exact) mass is 342 g/mol. The van der Waals surface area contributed by atoms with Crippen LogP contribution >= 0.6 is 0 Å². The average molecular weight is 342 g/mol. The number of rotatable bonds is 6. The molecule has 5 heteroatoms. The molecule has 25 heavy (non-hydrogen) atoms. The molecule has 2 aromatic rings. The number of carbonyl (C=O) groups is 1. The minimum absolute atomic E-state index is 0.0738. The summed E-state index contributed by atoms with van der Waals surface area (Å²) in [5, 5.41) is 3.05. The molecular weight excluding hydrogens is 316 g/mol. The largest absolute Gasteiger partial charge is 0.497 e. The van der Waals surface area contributed by atoms with Gasteiger partial charge in [0.15, 0.2) is 0 Å². The zero-order valence-electron chi connectivity index (χ0n) is 14.9. The summed E-state index contributed by atoms with van der Waals surface area (Å²) in [4.78, 5) is 14.9. The molecule has 1 amide bonds. The standard InChI is InChI=1S/C20H26N2O3/c1-15-9-11-22(12-10-15)18(19-4-3-13-25-19)14-21-20(23)16-5-7-17(24-2)8-6-16/h3-8,13,15,18H,9-12,14H2,1-2H3,(H,21,23)/t18-/m1/s1. The van der Waals surface area contributed by atoms with E-state index in [-0.39, 0.29) is 11.9 Å². The van der Waals surface area contributed by atoms with Crippen LogP contribution in [0.5, 0.6) is 5.75 Å². The fourth-order valence-electron chi connectivity index (χ4n) is 3.26. The molecule has 2 heterocycles. The molecule has 134 valence electrons. The molecule has 0 unspecified atom stereocenters. The fraction of sp³-hybridized carbons (Fsp3) is 0.450. The lowest BCUT2D eigenvalue weighted by Gasteiger charge is -2.35. The van der Waals surface area contributed by atoms with Gasteiger partial charge in [0.05, 0.1) is 19.4 Å². The third-order valence-corrected chi connectivity index (χ3v) is 4.94. The summed E-state index contributed by atoms with van der Waals surface area (Å²) in [5.74, 6) is 2.34. The molecule has 1 aliphatic rings. The SMILES string of the molecule is COc1ccc(C(=O)NC[C@H](c2ccco2)N2CCC(C)CC2)cc1. The van der Waals surface area contributed by atoms with Crippen LogP contribution in [-0.4, -0.2) is 37.6 Å². The average Bonchev–Trinajstić information content (AvgIpc) is 3.17. The second-order valence-electron chi connectivity index (χ2n) is 6.69. The van der Waals surface area contributed by atoms with Crippen molar-refractivity contribution >= 4 is 5.91 Å². The Morgan fingerprint density at radius 2 is 2.00 bits per heavy atom. The molecule has 1 atom stereocenters. The molecule has 1 saturated heterocycles. The first-order valence-electron chi connectivity index (χ1n) is 8.87. The van der Waals surface area contributed by atoms with Gasteiger partial charge < -0.3 is 14.5 Å².